The van der Waals surface area contributed by atoms with Crippen molar-refractivity contribution in [1.82, 2.24) is 10.2 Å². The Hall–Kier alpha value is -4.23. The molecular formula is C32H33N5OS. The number of likely N-dealkylation sites (tertiary alicyclic amines) is 1. The molecule has 0 atom stereocenters. The molecule has 1 heterocycles. The molecule has 4 aromatic rings. The van der Waals surface area contributed by atoms with Crippen LogP contribution < -0.4 is 15.8 Å². The second-order valence-electron chi connectivity index (χ2n) is 9.83. The van der Waals surface area contributed by atoms with Crippen molar-refractivity contribution in [2.45, 2.75) is 32.4 Å². The average Bonchev–Trinajstić information content (AvgIpc) is 2.97. The van der Waals surface area contributed by atoms with Gasteiger partial charge in [-0.2, -0.15) is 0 Å². The molecule has 0 unspecified atom stereocenters. The van der Waals surface area contributed by atoms with Gasteiger partial charge in [0.05, 0.1) is 11.5 Å². The number of nitrogens with zero attached hydrogens (tertiary/aromatic N) is 2. The van der Waals surface area contributed by atoms with E-state index in [4.69, 9.17) is 28.1 Å². The molecule has 4 N–H and O–H groups in total. The molecule has 0 spiro atoms. The standard InChI is InChI=1S/C32H33N5OS/c1-22(33)37-17-15-30(16-18-37)38-29-13-11-28(12-14-29)36-31(34)26-10-9-24-8-7-23(19-27(24)20-26)21-35-32(39)25-5-3-2-4-6-25/h2-14,19-20,30,33H,15-18,21H2,1H3,(H2,34,36)(H,35,39). The van der Waals surface area contributed by atoms with Crippen LogP contribution in [0.2, 0.25) is 0 Å². The van der Waals surface area contributed by atoms with Gasteiger partial charge in [-0.15, -0.1) is 0 Å². The fraction of sp³-hybridized carbons (Fsp3) is 0.219. The number of thiocarbonyl (C=S) groups is 1. The highest BCUT2D eigenvalue weighted by Gasteiger charge is 2.20. The van der Waals surface area contributed by atoms with E-state index in [1.54, 1.807) is 0 Å². The van der Waals surface area contributed by atoms with Crippen LogP contribution in [0, 0.1) is 5.41 Å². The van der Waals surface area contributed by atoms with Gasteiger partial charge in [0, 0.05) is 43.6 Å². The van der Waals surface area contributed by atoms with Crippen molar-refractivity contribution in [1.29, 1.82) is 5.41 Å². The Balaban J connectivity index is 1.22. The smallest absolute Gasteiger partial charge is 0.131 e. The number of rotatable bonds is 7. The van der Waals surface area contributed by atoms with E-state index in [1.807, 2.05) is 67.6 Å². The maximum atomic E-state index is 7.78. The molecule has 0 amide bonds. The van der Waals surface area contributed by atoms with Crippen LogP contribution in [0.15, 0.2) is 96.0 Å². The van der Waals surface area contributed by atoms with E-state index in [0.29, 0.717) is 18.2 Å². The first kappa shape index (κ1) is 26.4. The summed E-state index contributed by atoms with van der Waals surface area (Å²) < 4.78 is 6.16. The minimum Gasteiger partial charge on any atom is -0.490 e. The quantitative estimate of drug-likeness (QED) is 0.149. The molecule has 1 aliphatic rings. The van der Waals surface area contributed by atoms with Crippen LogP contribution in [-0.2, 0) is 6.54 Å². The van der Waals surface area contributed by atoms with Crippen LogP contribution >= 0.6 is 12.2 Å². The summed E-state index contributed by atoms with van der Waals surface area (Å²) in [6, 6.07) is 30.3. The van der Waals surface area contributed by atoms with Gasteiger partial charge in [0.25, 0.3) is 0 Å². The van der Waals surface area contributed by atoms with E-state index in [2.05, 4.69) is 45.5 Å². The first-order valence-corrected chi connectivity index (χ1v) is 13.6. The maximum absolute atomic E-state index is 7.78. The van der Waals surface area contributed by atoms with Crippen molar-refractivity contribution < 1.29 is 4.74 Å². The minimum absolute atomic E-state index is 0.173. The molecule has 0 saturated carbocycles. The summed E-state index contributed by atoms with van der Waals surface area (Å²) in [6.45, 7) is 4.21. The third kappa shape index (κ3) is 6.81. The van der Waals surface area contributed by atoms with Crippen LogP contribution in [0.1, 0.15) is 36.5 Å². The molecule has 4 aromatic carbocycles. The summed E-state index contributed by atoms with van der Waals surface area (Å²) in [5.41, 5.74) is 10.2. The number of nitrogens with two attached hydrogens (primary N) is 1. The number of hydrogen-bond donors (Lipinski definition) is 3. The molecule has 6 nitrogen and oxygen atoms in total. The van der Waals surface area contributed by atoms with Crippen LogP contribution in [0.25, 0.3) is 10.8 Å². The van der Waals surface area contributed by atoms with E-state index < -0.39 is 0 Å². The van der Waals surface area contributed by atoms with Crippen LogP contribution in [0.5, 0.6) is 5.75 Å². The number of fused-ring (bicyclic) bond motifs is 1. The molecule has 5 rings (SSSR count). The van der Waals surface area contributed by atoms with Gasteiger partial charge in [0.2, 0.25) is 0 Å². The Morgan fingerprint density at radius 2 is 1.67 bits per heavy atom. The lowest BCUT2D eigenvalue weighted by Crippen LogP contribution is -2.40. The highest BCUT2D eigenvalue weighted by atomic mass is 32.1. The van der Waals surface area contributed by atoms with Gasteiger partial charge in [0.1, 0.15) is 22.7 Å². The number of piperidine rings is 1. The monoisotopic (exact) mass is 535 g/mol. The van der Waals surface area contributed by atoms with Crippen molar-refractivity contribution in [2.75, 3.05) is 13.1 Å². The van der Waals surface area contributed by atoms with Crippen molar-refractivity contribution >= 4 is 45.3 Å². The lowest BCUT2D eigenvalue weighted by atomic mass is 10.0. The summed E-state index contributed by atoms with van der Waals surface area (Å²) in [5.74, 6) is 1.92. The van der Waals surface area contributed by atoms with Crippen LogP contribution in [-0.4, -0.2) is 40.8 Å². The molecule has 39 heavy (non-hydrogen) atoms. The van der Waals surface area contributed by atoms with Crippen molar-refractivity contribution in [2.24, 2.45) is 10.7 Å². The van der Waals surface area contributed by atoms with Crippen molar-refractivity contribution in [3.05, 3.63) is 108 Å². The molecule has 0 bridgehead atoms. The van der Waals surface area contributed by atoms with Gasteiger partial charge in [-0.1, -0.05) is 66.8 Å². The summed E-state index contributed by atoms with van der Waals surface area (Å²) in [7, 11) is 0. The highest BCUT2D eigenvalue weighted by molar-refractivity contribution is 7.80. The lowest BCUT2D eigenvalue weighted by Gasteiger charge is -2.32. The zero-order valence-electron chi connectivity index (χ0n) is 22.1. The second kappa shape index (κ2) is 12.1. The molecule has 0 radical (unpaired) electrons. The average molecular weight is 536 g/mol. The molecular weight excluding hydrogens is 502 g/mol. The summed E-state index contributed by atoms with van der Waals surface area (Å²) in [5, 5.41) is 13.4. The van der Waals surface area contributed by atoms with E-state index in [0.717, 1.165) is 69.8 Å². The third-order valence-corrected chi connectivity index (χ3v) is 7.37. The van der Waals surface area contributed by atoms with Gasteiger partial charge in [-0.25, -0.2) is 4.99 Å². The van der Waals surface area contributed by atoms with E-state index in [1.165, 1.54) is 0 Å². The first-order valence-electron chi connectivity index (χ1n) is 13.2. The Morgan fingerprint density at radius 1 is 0.949 bits per heavy atom. The normalized spacial score (nSPS) is 14.3. The highest BCUT2D eigenvalue weighted by Crippen LogP contribution is 2.24. The van der Waals surface area contributed by atoms with Crippen LogP contribution in [0.4, 0.5) is 5.69 Å². The van der Waals surface area contributed by atoms with Gasteiger partial charge < -0.3 is 20.7 Å². The molecule has 1 aliphatic heterocycles. The summed E-state index contributed by atoms with van der Waals surface area (Å²) in [4.78, 5) is 7.47. The van der Waals surface area contributed by atoms with Crippen molar-refractivity contribution in [3.8, 4) is 5.75 Å². The Morgan fingerprint density at radius 3 is 2.38 bits per heavy atom. The number of nitrogens with one attached hydrogen (secondary N) is 2. The molecule has 1 fully saturated rings. The third-order valence-electron chi connectivity index (χ3n) is 6.99. The Labute approximate surface area is 235 Å². The van der Waals surface area contributed by atoms with Gasteiger partial charge >= 0.3 is 0 Å². The van der Waals surface area contributed by atoms with Gasteiger partial charge in [-0.05, 0) is 59.7 Å². The summed E-state index contributed by atoms with van der Waals surface area (Å²) in [6.07, 6.45) is 2.01. The SMILES string of the molecule is CC(=N)N1CCC(Oc2ccc(N=C(N)c3ccc4ccc(CNC(=S)c5ccccc5)cc4c3)cc2)CC1. The largest absolute Gasteiger partial charge is 0.490 e. The number of benzene rings is 4. The molecule has 0 aromatic heterocycles. The number of ether oxygens (including phenoxy) is 1. The van der Waals surface area contributed by atoms with E-state index in [-0.39, 0.29) is 6.10 Å². The van der Waals surface area contributed by atoms with Crippen molar-refractivity contribution in [3.63, 3.8) is 0 Å². The lowest BCUT2D eigenvalue weighted by molar-refractivity contribution is 0.130. The van der Waals surface area contributed by atoms with E-state index >= 15 is 0 Å². The number of hydrogen-bond acceptors (Lipinski definition) is 4. The number of amidine groups is 2. The zero-order valence-corrected chi connectivity index (χ0v) is 22.9. The molecule has 1 saturated heterocycles. The first-order chi connectivity index (χ1) is 18.9. The molecule has 7 heteroatoms. The van der Waals surface area contributed by atoms with Gasteiger partial charge in [0.15, 0.2) is 0 Å². The Kier molecular flexibility index (Phi) is 8.18. The van der Waals surface area contributed by atoms with E-state index in [9.17, 15) is 0 Å². The fourth-order valence-electron chi connectivity index (χ4n) is 4.74. The maximum Gasteiger partial charge on any atom is 0.131 e. The predicted molar refractivity (Wildman–Crippen MR) is 164 cm³/mol. The Bertz CT molecular complexity index is 1490. The fourth-order valence-corrected chi connectivity index (χ4v) is 4.95. The summed E-state index contributed by atoms with van der Waals surface area (Å²) >= 11 is 5.53. The van der Waals surface area contributed by atoms with Crippen LogP contribution in [0.3, 0.4) is 0 Å². The molecule has 0 aliphatic carbocycles. The zero-order chi connectivity index (χ0) is 27.2. The predicted octanol–water partition coefficient (Wildman–Crippen LogP) is 6.18. The van der Waals surface area contributed by atoms with Gasteiger partial charge in [-0.3, -0.25) is 5.41 Å². The second-order valence-corrected chi connectivity index (χ2v) is 10.2. The minimum atomic E-state index is 0.173. The topological polar surface area (TPSA) is 86.7 Å². The molecule has 198 valence electrons. The number of aliphatic imine (C=N–C) groups is 1.